The molecule has 5 nitrogen and oxygen atoms in total. The summed E-state index contributed by atoms with van der Waals surface area (Å²) in [5, 5.41) is 4.78. The molecule has 1 aromatic heterocycles. The maximum Gasteiger partial charge on any atom is 0.279 e. The number of hydrogen-bond acceptors (Lipinski definition) is 4. The first-order chi connectivity index (χ1) is 14.9. The molecule has 1 heterocycles. The van der Waals surface area contributed by atoms with Crippen molar-refractivity contribution >= 4 is 22.7 Å². The minimum absolute atomic E-state index is 0.0975. The Hall–Kier alpha value is -3.13. The quantitative estimate of drug-likeness (QED) is 0.409. The Kier molecular flexibility index (Phi) is 6.08. The SMILES string of the molecule is O=c1c(-c2ccc(F)cc2)c(-c2ccc(CS(=O)[O-])cc2)cnn1-c1cccc(Cl)c1. The molecule has 156 valence electrons. The van der Waals surface area contributed by atoms with Gasteiger partial charge in [-0.1, -0.05) is 65.1 Å². The van der Waals surface area contributed by atoms with E-state index < -0.39 is 22.5 Å². The maximum absolute atomic E-state index is 13.5. The molecule has 4 aromatic rings. The van der Waals surface area contributed by atoms with Gasteiger partial charge in [-0.2, -0.15) is 9.78 Å². The van der Waals surface area contributed by atoms with Crippen LogP contribution in [0.25, 0.3) is 27.9 Å². The number of benzene rings is 3. The lowest BCUT2D eigenvalue weighted by molar-refractivity contribution is 0.536. The average Bonchev–Trinajstić information content (AvgIpc) is 2.74. The minimum Gasteiger partial charge on any atom is -0.772 e. The zero-order valence-electron chi connectivity index (χ0n) is 16.0. The fourth-order valence-corrected chi connectivity index (χ4v) is 3.93. The second-order valence-electron chi connectivity index (χ2n) is 6.78. The van der Waals surface area contributed by atoms with E-state index in [4.69, 9.17) is 11.6 Å². The summed E-state index contributed by atoms with van der Waals surface area (Å²) in [4.78, 5) is 13.5. The van der Waals surface area contributed by atoms with E-state index in [1.165, 1.54) is 28.9 Å². The fraction of sp³-hybridized carbons (Fsp3) is 0.0435. The van der Waals surface area contributed by atoms with E-state index in [0.29, 0.717) is 38.5 Å². The molecule has 3 aromatic carbocycles. The Morgan fingerprint density at radius 2 is 1.68 bits per heavy atom. The Bertz CT molecular complexity index is 1320. The van der Waals surface area contributed by atoms with E-state index >= 15 is 0 Å². The number of rotatable bonds is 5. The van der Waals surface area contributed by atoms with Gasteiger partial charge < -0.3 is 4.55 Å². The van der Waals surface area contributed by atoms with Crippen molar-refractivity contribution in [1.29, 1.82) is 0 Å². The van der Waals surface area contributed by atoms with Crippen molar-refractivity contribution in [2.24, 2.45) is 0 Å². The molecule has 0 spiro atoms. The number of aromatic nitrogens is 2. The molecule has 0 aliphatic heterocycles. The van der Waals surface area contributed by atoms with E-state index in [2.05, 4.69) is 5.10 Å². The van der Waals surface area contributed by atoms with Crippen LogP contribution in [0.5, 0.6) is 0 Å². The first-order valence-electron chi connectivity index (χ1n) is 9.22. The van der Waals surface area contributed by atoms with E-state index in [1.54, 1.807) is 54.7 Å². The topological polar surface area (TPSA) is 75.0 Å². The normalized spacial score (nSPS) is 12.0. The van der Waals surface area contributed by atoms with Gasteiger partial charge in [0.2, 0.25) is 0 Å². The highest BCUT2D eigenvalue weighted by atomic mass is 35.5. The summed E-state index contributed by atoms with van der Waals surface area (Å²) in [5.74, 6) is -0.510. The van der Waals surface area contributed by atoms with Crippen LogP contribution >= 0.6 is 11.6 Å². The zero-order chi connectivity index (χ0) is 22.0. The highest BCUT2D eigenvalue weighted by Crippen LogP contribution is 2.30. The van der Waals surface area contributed by atoms with Gasteiger partial charge in [0.25, 0.3) is 5.56 Å². The van der Waals surface area contributed by atoms with Crippen molar-refractivity contribution < 1.29 is 13.2 Å². The highest BCUT2D eigenvalue weighted by molar-refractivity contribution is 7.78. The van der Waals surface area contributed by atoms with Gasteiger partial charge in [-0.3, -0.25) is 9.00 Å². The van der Waals surface area contributed by atoms with Gasteiger partial charge in [0.05, 0.1) is 17.4 Å². The summed E-state index contributed by atoms with van der Waals surface area (Å²) < 4.78 is 36.6. The van der Waals surface area contributed by atoms with Gasteiger partial charge in [-0.15, -0.1) is 0 Å². The average molecular weight is 454 g/mol. The van der Waals surface area contributed by atoms with Crippen LogP contribution in [0.15, 0.2) is 83.8 Å². The first-order valence-corrected chi connectivity index (χ1v) is 10.8. The molecule has 0 aliphatic rings. The van der Waals surface area contributed by atoms with Crippen molar-refractivity contribution in [3.8, 4) is 27.9 Å². The molecule has 4 rings (SSSR count). The van der Waals surface area contributed by atoms with Crippen molar-refractivity contribution in [1.82, 2.24) is 9.78 Å². The molecule has 1 atom stereocenters. The van der Waals surface area contributed by atoms with Crippen molar-refractivity contribution in [2.45, 2.75) is 5.75 Å². The minimum atomic E-state index is -2.20. The Morgan fingerprint density at radius 3 is 2.32 bits per heavy atom. The number of hydrogen-bond donors (Lipinski definition) is 0. The lowest BCUT2D eigenvalue weighted by atomic mass is 9.96. The Labute approximate surface area is 185 Å². The fourth-order valence-electron chi connectivity index (χ4n) is 3.28. The molecular weight excluding hydrogens is 439 g/mol. The van der Waals surface area contributed by atoms with Gasteiger partial charge >= 0.3 is 0 Å². The van der Waals surface area contributed by atoms with Gasteiger partial charge in [-0.25, -0.2) is 4.39 Å². The van der Waals surface area contributed by atoms with Crippen LogP contribution in [0.1, 0.15) is 5.56 Å². The molecule has 0 fully saturated rings. The number of halogens is 2. The summed E-state index contributed by atoms with van der Waals surface area (Å²) in [7, 11) is 0. The van der Waals surface area contributed by atoms with Crippen LogP contribution in [0, 0.1) is 5.82 Å². The predicted octanol–water partition coefficient (Wildman–Crippen LogP) is 4.74. The van der Waals surface area contributed by atoms with Crippen LogP contribution in [0.3, 0.4) is 0 Å². The molecule has 0 saturated heterocycles. The Balaban J connectivity index is 1.91. The lowest BCUT2D eigenvalue weighted by Gasteiger charge is -2.13. The maximum atomic E-state index is 13.5. The third kappa shape index (κ3) is 4.64. The predicted molar refractivity (Wildman–Crippen MR) is 118 cm³/mol. The highest BCUT2D eigenvalue weighted by Gasteiger charge is 2.16. The number of nitrogens with zero attached hydrogens (tertiary/aromatic N) is 2. The monoisotopic (exact) mass is 453 g/mol. The van der Waals surface area contributed by atoms with Gasteiger partial charge in [0, 0.05) is 16.3 Å². The van der Waals surface area contributed by atoms with Crippen LogP contribution in [0.2, 0.25) is 5.02 Å². The van der Waals surface area contributed by atoms with Gasteiger partial charge in [-0.05, 0) is 47.0 Å². The summed E-state index contributed by atoms with van der Waals surface area (Å²) >= 11 is 3.87. The standard InChI is InChI=1S/C23H16ClFN2O3S/c24-18-2-1-3-20(12-18)27-23(28)22(17-8-10-19(25)11-9-17)21(13-26-27)16-6-4-15(5-7-16)14-31(29)30/h1-13H,14H2,(H,29,30)/p-1. The largest absolute Gasteiger partial charge is 0.772 e. The molecule has 0 bridgehead atoms. The summed E-state index contributed by atoms with van der Waals surface area (Å²) in [6, 6.07) is 19.2. The van der Waals surface area contributed by atoms with Crippen LogP contribution < -0.4 is 5.56 Å². The molecule has 0 radical (unpaired) electrons. The van der Waals surface area contributed by atoms with Crippen LogP contribution in [-0.4, -0.2) is 18.5 Å². The van der Waals surface area contributed by atoms with Crippen LogP contribution in [-0.2, 0) is 16.8 Å². The second kappa shape index (κ2) is 8.93. The molecule has 0 saturated carbocycles. The van der Waals surface area contributed by atoms with E-state index in [9.17, 15) is 17.9 Å². The molecule has 8 heteroatoms. The van der Waals surface area contributed by atoms with Gasteiger partial charge in [0.1, 0.15) is 5.82 Å². The Morgan fingerprint density at radius 1 is 1.00 bits per heavy atom. The third-order valence-corrected chi connectivity index (χ3v) is 5.52. The van der Waals surface area contributed by atoms with Crippen LogP contribution in [0.4, 0.5) is 4.39 Å². The summed E-state index contributed by atoms with van der Waals surface area (Å²) in [5.41, 5.74) is 2.84. The lowest BCUT2D eigenvalue weighted by Crippen LogP contribution is -2.23. The van der Waals surface area contributed by atoms with E-state index in [-0.39, 0.29) is 5.75 Å². The first kappa shape index (κ1) is 21.1. The van der Waals surface area contributed by atoms with Crippen molar-refractivity contribution in [3.05, 3.63) is 106 Å². The summed E-state index contributed by atoms with van der Waals surface area (Å²) in [6.07, 6.45) is 1.56. The zero-order valence-corrected chi connectivity index (χ0v) is 17.6. The molecular formula is C23H15ClFN2O3S-. The van der Waals surface area contributed by atoms with Crippen molar-refractivity contribution in [2.75, 3.05) is 0 Å². The summed E-state index contributed by atoms with van der Waals surface area (Å²) in [6.45, 7) is 0. The van der Waals surface area contributed by atoms with E-state index in [0.717, 1.165) is 0 Å². The van der Waals surface area contributed by atoms with E-state index in [1.807, 2.05) is 0 Å². The molecule has 0 N–H and O–H groups in total. The van der Waals surface area contributed by atoms with Gasteiger partial charge in [0.15, 0.2) is 0 Å². The third-order valence-electron chi connectivity index (χ3n) is 4.71. The molecule has 0 amide bonds. The molecule has 31 heavy (non-hydrogen) atoms. The molecule has 1 unspecified atom stereocenters. The molecule has 0 aliphatic carbocycles. The smallest absolute Gasteiger partial charge is 0.279 e. The van der Waals surface area contributed by atoms with Crippen molar-refractivity contribution in [3.63, 3.8) is 0 Å². The second-order valence-corrected chi connectivity index (χ2v) is 8.11.